The molecule has 0 unspecified atom stereocenters. The molecule has 0 bridgehead atoms. The predicted molar refractivity (Wildman–Crippen MR) is 104 cm³/mol. The maximum Gasteiger partial charge on any atom is 0.228 e. The molecule has 0 heterocycles. The molecule has 0 saturated carbocycles. The second-order valence-corrected chi connectivity index (χ2v) is 6.22. The summed E-state index contributed by atoms with van der Waals surface area (Å²) in [5, 5.41) is 5.09. The Morgan fingerprint density at radius 1 is 0.714 bits per heavy atom. The summed E-state index contributed by atoms with van der Waals surface area (Å²) in [6.07, 6.45) is -0.0517. The van der Waals surface area contributed by atoms with Crippen molar-refractivity contribution < 1.29 is 18.4 Å². The van der Waals surface area contributed by atoms with Gasteiger partial charge in [-0.3, -0.25) is 9.59 Å². The molecule has 142 valence electrons. The third-order valence-electron chi connectivity index (χ3n) is 4.04. The van der Waals surface area contributed by atoms with Gasteiger partial charge in [0.05, 0.1) is 18.5 Å². The van der Waals surface area contributed by atoms with Gasteiger partial charge in [-0.25, -0.2) is 8.78 Å². The van der Waals surface area contributed by atoms with E-state index in [-0.39, 0.29) is 30.0 Å². The number of carbonyl (C=O) groups excluding carboxylic acids is 2. The van der Waals surface area contributed by atoms with Crippen LogP contribution >= 0.6 is 0 Å². The van der Waals surface area contributed by atoms with Crippen molar-refractivity contribution in [3.8, 4) is 0 Å². The zero-order valence-electron chi connectivity index (χ0n) is 14.9. The predicted octanol–water partition coefficient (Wildman–Crippen LogP) is 4.33. The van der Waals surface area contributed by atoms with Gasteiger partial charge < -0.3 is 10.6 Å². The van der Waals surface area contributed by atoms with Crippen LogP contribution in [0.3, 0.4) is 0 Å². The van der Waals surface area contributed by atoms with Crippen molar-refractivity contribution in [3.05, 3.63) is 95.6 Å². The van der Waals surface area contributed by atoms with Gasteiger partial charge in [0.2, 0.25) is 11.8 Å². The monoisotopic (exact) mass is 380 g/mol. The van der Waals surface area contributed by atoms with Crippen LogP contribution in [0, 0.1) is 11.6 Å². The Morgan fingerprint density at radius 3 is 2.14 bits per heavy atom. The number of anilines is 2. The zero-order chi connectivity index (χ0) is 19.9. The molecular weight excluding hydrogens is 362 g/mol. The average molecular weight is 380 g/mol. The van der Waals surface area contributed by atoms with Crippen molar-refractivity contribution in [2.75, 3.05) is 10.6 Å². The number of rotatable bonds is 6. The van der Waals surface area contributed by atoms with E-state index in [1.54, 1.807) is 24.3 Å². The number of hydrogen-bond acceptors (Lipinski definition) is 2. The Balaban J connectivity index is 1.65. The molecule has 0 saturated heterocycles. The molecule has 3 aromatic rings. The van der Waals surface area contributed by atoms with Crippen molar-refractivity contribution in [1.82, 2.24) is 0 Å². The van der Waals surface area contributed by atoms with Crippen LogP contribution in [0.25, 0.3) is 0 Å². The highest BCUT2D eigenvalue weighted by molar-refractivity contribution is 5.95. The van der Waals surface area contributed by atoms with E-state index >= 15 is 0 Å². The van der Waals surface area contributed by atoms with Gasteiger partial charge in [0, 0.05) is 5.69 Å². The minimum Gasteiger partial charge on any atom is -0.326 e. The van der Waals surface area contributed by atoms with Crippen molar-refractivity contribution in [1.29, 1.82) is 0 Å². The summed E-state index contributed by atoms with van der Waals surface area (Å²) in [7, 11) is 0. The van der Waals surface area contributed by atoms with Crippen LogP contribution in [-0.2, 0) is 22.4 Å². The molecule has 6 heteroatoms. The van der Waals surface area contributed by atoms with Gasteiger partial charge >= 0.3 is 0 Å². The van der Waals surface area contributed by atoms with Gasteiger partial charge in [0.25, 0.3) is 0 Å². The summed E-state index contributed by atoms with van der Waals surface area (Å²) in [6.45, 7) is 0. The molecule has 0 atom stereocenters. The Kier molecular flexibility index (Phi) is 6.11. The minimum absolute atomic E-state index is 0.0374. The normalized spacial score (nSPS) is 10.4. The van der Waals surface area contributed by atoms with Gasteiger partial charge in [-0.1, -0.05) is 48.5 Å². The lowest BCUT2D eigenvalue weighted by Gasteiger charge is -2.10. The second-order valence-electron chi connectivity index (χ2n) is 6.22. The summed E-state index contributed by atoms with van der Waals surface area (Å²) in [5.41, 5.74) is 1.33. The van der Waals surface area contributed by atoms with Gasteiger partial charge in [-0.05, 0) is 35.4 Å². The van der Waals surface area contributed by atoms with Crippen LogP contribution in [-0.4, -0.2) is 11.8 Å². The molecule has 0 aromatic heterocycles. The van der Waals surface area contributed by atoms with Crippen LogP contribution in [0.1, 0.15) is 11.1 Å². The molecule has 2 N–H and O–H groups in total. The van der Waals surface area contributed by atoms with E-state index in [0.717, 1.165) is 11.6 Å². The molecule has 0 fully saturated rings. The van der Waals surface area contributed by atoms with Crippen LogP contribution in [0.5, 0.6) is 0 Å². The maximum absolute atomic E-state index is 14.0. The quantitative estimate of drug-likeness (QED) is 0.669. The molecule has 0 spiro atoms. The van der Waals surface area contributed by atoms with Crippen LogP contribution in [0.15, 0.2) is 72.8 Å². The standard InChI is InChI=1S/C22H18F2N2O2/c23-18-9-5-4-8-16(18)13-22(28)25-17-10-11-19(24)20(14-17)26-21(27)12-15-6-2-1-3-7-15/h1-11,14H,12-13H2,(H,25,28)(H,26,27). The summed E-state index contributed by atoms with van der Waals surface area (Å²) in [5.74, 6) is -1.91. The molecule has 3 aromatic carbocycles. The first kappa shape index (κ1) is 19.2. The number of carbonyl (C=O) groups is 2. The lowest BCUT2D eigenvalue weighted by atomic mass is 10.1. The third-order valence-corrected chi connectivity index (χ3v) is 4.04. The summed E-state index contributed by atoms with van der Waals surface area (Å²) in [4.78, 5) is 24.3. The second kappa shape index (κ2) is 8.90. The summed E-state index contributed by atoms with van der Waals surface area (Å²) >= 11 is 0. The smallest absolute Gasteiger partial charge is 0.228 e. The first-order valence-corrected chi connectivity index (χ1v) is 8.68. The summed E-state index contributed by atoms with van der Waals surface area (Å²) < 4.78 is 27.7. The SMILES string of the molecule is O=C(Cc1ccccc1F)Nc1ccc(F)c(NC(=O)Cc2ccccc2)c1. The third kappa shape index (κ3) is 5.23. The largest absolute Gasteiger partial charge is 0.326 e. The fourth-order valence-electron chi connectivity index (χ4n) is 2.69. The lowest BCUT2D eigenvalue weighted by molar-refractivity contribution is -0.116. The van der Waals surface area contributed by atoms with E-state index in [1.807, 2.05) is 18.2 Å². The minimum atomic E-state index is -0.617. The number of benzene rings is 3. The van der Waals surface area contributed by atoms with Crippen LogP contribution in [0.2, 0.25) is 0 Å². The molecule has 3 rings (SSSR count). The van der Waals surface area contributed by atoms with E-state index in [2.05, 4.69) is 10.6 Å². The molecule has 0 aliphatic rings. The highest BCUT2D eigenvalue weighted by Gasteiger charge is 2.12. The highest BCUT2D eigenvalue weighted by Crippen LogP contribution is 2.20. The Hall–Kier alpha value is -3.54. The van der Waals surface area contributed by atoms with E-state index in [0.29, 0.717) is 5.69 Å². The number of halogens is 2. The molecule has 0 aliphatic heterocycles. The Morgan fingerprint density at radius 2 is 1.39 bits per heavy atom. The van der Waals surface area contributed by atoms with E-state index in [1.165, 1.54) is 24.3 Å². The average Bonchev–Trinajstić information content (AvgIpc) is 2.67. The first-order valence-electron chi connectivity index (χ1n) is 8.68. The Bertz CT molecular complexity index is 991. The van der Waals surface area contributed by atoms with E-state index in [9.17, 15) is 18.4 Å². The number of hydrogen-bond donors (Lipinski definition) is 2. The van der Waals surface area contributed by atoms with Crippen molar-refractivity contribution >= 4 is 23.2 Å². The van der Waals surface area contributed by atoms with Crippen LogP contribution < -0.4 is 10.6 Å². The first-order chi connectivity index (χ1) is 13.5. The van der Waals surface area contributed by atoms with Crippen molar-refractivity contribution in [2.24, 2.45) is 0 Å². The maximum atomic E-state index is 14.0. The molecule has 2 amide bonds. The molecule has 28 heavy (non-hydrogen) atoms. The topological polar surface area (TPSA) is 58.2 Å². The van der Waals surface area contributed by atoms with Gasteiger partial charge in [-0.15, -0.1) is 0 Å². The molecule has 0 radical (unpaired) electrons. The van der Waals surface area contributed by atoms with E-state index in [4.69, 9.17) is 0 Å². The highest BCUT2D eigenvalue weighted by atomic mass is 19.1. The molecule has 4 nitrogen and oxygen atoms in total. The molecular formula is C22H18F2N2O2. The van der Waals surface area contributed by atoms with Crippen LogP contribution in [0.4, 0.5) is 20.2 Å². The van der Waals surface area contributed by atoms with Gasteiger partial charge in [0.1, 0.15) is 11.6 Å². The lowest BCUT2D eigenvalue weighted by Crippen LogP contribution is -2.17. The summed E-state index contributed by atoms with van der Waals surface area (Å²) in [6, 6.07) is 18.9. The van der Waals surface area contributed by atoms with Crippen molar-refractivity contribution in [3.63, 3.8) is 0 Å². The Labute approximate surface area is 161 Å². The number of amides is 2. The van der Waals surface area contributed by atoms with Crippen molar-refractivity contribution in [2.45, 2.75) is 12.8 Å². The van der Waals surface area contributed by atoms with Gasteiger partial charge in [-0.2, -0.15) is 0 Å². The van der Waals surface area contributed by atoms with Gasteiger partial charge in [0.15, 0.2) is 0 Å². The zero-order valence-corrected chi connectivity index (χ0v) is 14.9. The molecule has 0 aliphatic carbocycles. The van der Waals surface area contributed by atoms with E-state index < -0.39 is 17.5 Å². The fraction of sp³-hybridized carbons (Fsp3) is 0.0909. The fourth-order valence-corrected chi connectivity index (χ4v) is 2.69. The number of nitrogens with one attached hydrogen (secondary N) is 2.